The molecule has 2 saturated carbocycles. The molecule has 0 spiro atoms. The van der Waals surface area contributed by atoms with Crippen LogP contribution in [0.25, 0.3) is 0 Å². The Bertz CT molecular complexity index is 614. The summed E-state index contributed by atoms with van der Waals surface area (Å²) in [6.45, 7) is 4.43. The molecule has 0 aromatic heterocycles. The minimum atomic E-state index is -0.162. The SMILES string of the molecule is CCCC1CCC(C=CC2CCC(OC(=O)c3ccc(CC)cc3)CC2)CC1. The number of hydrogen-bond donors (Lipinski definition) is 0. The van der Waals surface area contributed by atoms with Crippen LogP contribution in [0, 0.1) is 17.8 Å². The van der Waals surface area contributed by atoms with Gasteiger partial charge in [-0.2, -0.15) is 0 Å². The van der Waals surface area contributed by atoms with Gasteiger partial charge in [0.2, 0.25) is 0 Å². The van der Waals surface area contributed by atoms with Crippen LogP contribution in [0.15, 0.2) is 36.4 Å². The van der Waals surface area contributed by atoms with Gasteiger partial charge in [0.05, 0.1) is 5.56 Å². The van der Waals surface area contributed by atoms with E-state index >= 15 is 0 Å². The van der Waals surface area contributed by atoms with Crippen molar-refractivity contribution in [2.24, 2.45) is 17.8 Å². The molecule has 1 aromatic rings. The third-order valence-corrected chi connectivity index (χ3v) is 6.83. The summed E-state index contributed by atoms with van der Waals surface area (Å²) in [4.78, 5) is 12.4. The molecule has 0 heterocycles. The van der Waals surface area contributed by atoms with Crippen molar-refractivity contribution < 1.29 is 9.53 Å². The quantitative estimate of drug-likeness (QED) is 0.370. The Balaban J connectivity index is 1.37. The fourth-order valence-electron chi connectivity index (χ4n) is 4.89. The van der Waals surface area contributed by atoms with Gasteiger partial charge in [-0.1, -0.05) is 51.0 Å². The van der Waals surface area contributed by atoms with E-state index in [1.807, 2.05) is 24.3 Å². The van der Waals surface area contributed by atoms with E-state index in [2.05, 4.69) is 26.0 Å². The van der Waals surface area contributed by atoms with Crippen LogP contribution < -0.4 is 0 Å². The van der Waals surface area contributed by atoms with Crippen molar-refractivity contribution in [3.05, 3.63) is 47.5 Å². The van der Waals surface area contributed by atoms with Crippen molar-refractivity contribution in [2.75, 3.05) is 0 Å². The number of rotatable bonds is 7. The number of carbonyl (C=O) groups is 1. The average molecular weight is 383 g/mol. The topological polar surface area (TPSA) is 26.3 Å². The van der Waals surface area contributed by atoms with Crippen molar-refractivity contribution in [1.29, 1.82) is 0 Å². The molecule has 0 N–H and O–H groups in total. The number of ether oxygens (including phenoxy) is 1. The molecule has 0 aliphatic heterocycles. The summed E-state index contributed by atoms with van der Waals surface area (Å²) in [5.74, 6) is 2.30. The Labute approximate surface area is 171 Å². The zero-order valence-electron chi connectivity index (χ0n) is 17.9. The Hall–Kier alpha value is -1.57. The van der Waals surface area contributed by atoms with E-state index in [4.69, 9.17) is 4.74 Å². The van der Waals surface area contributed by atoms with E-state index in [9.17, 15) is 4.79 Å². The van der Waals surface area contributed by atoms with Gasteiger partial charge in [0.1, 0.15) is 6.10 Å². The molecule has 2 fully saturated rings. The lowest BCUT2D eigenvalue weighted by Gasteiger charge is -2.28. The van der Waals surface area contributed by atoms with Crippen LogP contribution in [-0.2, 0) is 11.2 Å². The average Bonchev–Trinajstić information content (AvgIpc) is 2.74. The third kappa shape index (κ3) is 6.22. The van der Waals surface area contributed by atoms with E-state index < -0.39 is 0 Å². The second-order valence-corrected chi connectivity index (χ2v) is 8.95. The van der Waals surface area contributed by atoms with E-state index in [1.165, 1.54) is 44.1 Å². The predicted octanol–water partition coefficient (Wildman–Crippen LogP) is 7.13. The summed E-state index contributed by atoms with van der Waals surface area (Å²) in [5.41, 5.74) is 1.93. The van der Waals surface area contributed by atoms with Gasteiger partial charge in [0.15, 0.2) is 0 Å². The first-order valence-electron chi connectivity index (χ1n) is 11.7. The smallest absolute Gasteiger partial charge is 0.338 e. The molecule has 0 saturated heterocycles. The van der Waals surface area contributed by atoms with Crippen molar-refractivity contribution in [3.63, 3.8) is 0 Å². The maximum absolute atomic E-state index is 12.4. The summed E-state index contributed by atoms with van der Waals surface area (Å²) >= 11 is 0. The zero-order chi connectivity index (χ0) is 19.8. The highest BCUT2D eigenvalue weighted by molar-refractivity contribution is 5.89. The molecule has 2 aliphatic carbocycles. The van der Waals surface area contributed by atoms with Gasteiger partial charge in [-0.3, -0.25) is 0 Å². The van der Waals surface area contributed by atoms with E-state index in [0.717, 1.165) is 43.9 Å². The standard InChI is InChI=1S/C26H38O2/c1-3-5-21-6-8-22(9-7-21)10-11-23-14-18-25(19-15-23)28-26(27)24-16-12-20(4-2)13-17-24/h10-13,16-17,21-23,25H,3-9,14-15,18-19H2,1-2H3. The highest BCUT2D eigenvalue weighted by Crippen LogP contribution is 2.34. The third-order valence-electron chi connectivity index (χ3n) is 6.83. The first-order chi connectivity index (χ1) is 13.7. The van der Waals surface area contributed by atoms with E-state index in [0.29, 0.717) is 11.5 Å². The van der Waals surface area contributed by atoms with Gasteiger partial charge < -0.3 is 4.74 Å². The number of benzene rings is 1. The summed E-state index contributed by atoms with van der Waals surface area (Å²) in [7, 11) is 0. The predicted molar refractivity (Wildman–Crippen MR) is 116 cm³/mol. The molecule has 2 nitrogen and oxygen atoms in total. The van der Waals surface area contributed by atoms with Gasteiger partial charge >= 0.3 is 5.97 Å². The molecule has 0 bridgehead atoms. The van der Waals surface area contributed by atoms with Crippen molar-refractivity contribution in [3.8, 4) is 0 Å². The van der Waals surface area contributed by atoms with Crippen molar-refractivity contribution in [2.45, 2.75) is 90.6 Å². The summed E-state index contributed by atoms with van der Waals surface area (Å²) < 4.78 is 5.77. The largest absolute Gasteiger partial charge is 0.459 e. The van der Waals surface area contributed by atoms with Gasteiger partial charge in [-0.15, -0.1) is 0 Å². The van der Waals surface area contributed by atoms with Gasteiger partial charge in [-0.25, -0.2) is 4.79 Å². The van der Waals surface area contributed by atoms with Crippen LogP contribution in [-0.4, -0.2) is 12.1 Å². The molecule has 28 heavy (non-hydrogen) atoms. The van der Waals surface area contributed by atoms with Crippen LogP contribution >= 0.6 is 0 Å². The normalized spacial score (nSPS) is 28.4. The Morgan fingerprint density at radius 3 is 2.00 bits per heavy atom. The monoisotopic (exact) mass is 382 g/mol. The first kappa shape index (κ1) is 21.1. The molecule has 1 aromatic carbocycles. The lowest BCUT2D eigenvalue weighted by atomic mass is 9.79. The van der Waals surface area contributed by atoms with Crippen LogP contribution in [0.3, 0.4) is 0 Å². The van der Waals surface area contributed by atoms with Crippen LogP contribution in [0.5, 0.6) is 0 Å². The molecular formula is C26H38O2. The lowest BCUT2D eigenvalue weighted by molar-refractivity contribution is 0.0184. The zero-order valence-corrected chi connectivity index (χ0v) is 17.9. The molecule has 2 heteroatoms. The molecule has 0 unspecified atom stereocenters. The van der Waals surface area contributed by atoms with Crippen molar-refractivity contribution >= 4 is 5.97 Å². The second kappa shape index (κ2) is 10.8. The minimum Gasteiger partial charge on any atom is -0.459 e. The maximum Gasteiger partial charge on any atom is 0.338 e. The number of hydrogen-bond acceptors (Lipinski definition) is 2. The van der Waals surface area contributed by atoms with Gasteiger partial charge in [0, 0.05) is 0 Å². The van der Waals surface area contributed by atoms with Crippen LogP contribution in [0.1, 0.15) is 94.0 Å². The minimum absolute atomic E-state index is 0.0903. The highest BCUT2D eigenvalue weighted by Gasteiger charge is 2.24. The fourth-order valence-corrected chi connectivity index (χ4v) is 4.89. The van der Waals surface area contributed by atoms with Gasteiger partial charge in [0.25, 0.3) is 0 Å². The number of aryl methyl sites for hydroxylation is 1. The first-order valence-corrected chi connectivity index (χ1v) is 11.7. The number of esters is 1. The van der Waals surface area contributed by atoms with Crippen LogP contribution in [0.2, 0.25) is 0 Å². The van der Waals surface area contributed by atoms with E-state index in [1.54, 1.807) is 0 Å². The molecule has 0 amide bonds. The Kier molecular flexibility index (Phi) is 8.18. The van der Waals surface area contributed by atoms with Crippen molar-refractivity contribution in [1.82, 2.24) is 0 Å². The Morgan fingerprint density at radius 2 is 1.46 bits per heavy atom. The lowest BCUT2D eigenvalue weighted by Crippen LogP contribution is -2.24. The van der Waals surface area contributed by atoms with Crippen LogP contribution in [0.4, 0.5) is 0 Å². The molecule has 2 aliphatic rings. The molecule has 3 rings (SSSR count). The molecule has 0 atom stereocenters. The van der Waals surface area contributed by atoms with Gasteiger partial charge in [-0.05, 0) is 93.2 Å². The fraction of sp³-hybridized carbons (Fsp3) is 0.654. The molecular weight excluding hydrogens is 344 g/mol. The van der Waals surface area contributed by atoms with E-state index in [-0.39, 0.29) is 12.1 Å². The summed E-state index contributed by atoms with van der Waals surface area (Å²) in [5, 5.41) is 0. The second-order valence-electron chi connectivity index (χ2n) is 8.95. The molecule has 154 valence electrons. The number of carbonyl (C=O) groups excluding carboxylic acids is 1. The summed E-state index contributed by atoms with van der Waals surface area (Å²) in [6, 6.07) is 7.83. The number of allylic oxidation sites excluding steroid dienone is 2. The Morgan fingerprint density at radius 1 is 0.893 bits per heavy atom. The molecule has 0 radical (unpaired) electrons. The maximum atomic E-state index is 12.4. The highest BCUT2D eigenvalue weighted by atomic mass is 16.5. The summed E-state index contributed by atoms with van der Waals surface area (Å²) in [6.07, 6.45) is 18.7.